The number of aromatic nitrogens is 4. The molecule has 0 spiro atoms. The van der Waals surface area contributed by atoms with Gasteiger partial charge in [0.05, 0.1) is 5.56 Å². The van der Waals surface area contributed by atoms with Crippen LogP contribution in [0.15, 0.2) is 51.2 Å². The number of nitrogens with zero attached hydrogens (tertiary/aromatic N) is 2. The highest BCUT2D eigenvalue weighted by Gasteiger charge is 2.15. The maximum atomic E-state index is 12.4. The first-order valence-corrected chi connectivity index (χ1v) is 8.01. The number of amides is 1. The van der Waals surface area contributed by atoms with E-state index in [0.717, 1.165) is 4.90 Å². The zero-order chi connectivity index (χ0) is 17.1. The van der Waals surface area contributed by atoms with Gasteiger partial charge in [0, 0.05) is 11.1 Å². The smallest absolute Gasteiger partial charge is 0.291 e. The maximum absolute atomic E-state index is 12.4. The Balaban J connectivity index is 1.85. The molecular formula is C16H15N5O2S. The normalized spacial score (nSPS) is 10.6. The van der Waals surface area contributed by atoms with Crippen LogP contribution in [-0.2, 0) is 0 Å². The lowest BCUT2D eigenvalue weighted by Crippen LogP contribution is -2.15. The van der Waals surface area contributed by atoms with Crippen molar-refractivity contribution in [3.63, 3.8) is 0 Å². The standard InChI is InChI=1S/C16H15N5O2S/c1-9-5-6-11(8-10(9)2)24-14-12(4-3-7-17-14)13(22)18-15-19-16(23)21-20-15/h3-8H,1-2H3,(H3,18,19,20,21,22,23). The first kappa shape index (κ1) is 16.0. The van der Waals surface area contributed by atoms with Crippen LogP contribution in [-0.4, -0.2) is 26.1 Å². The number of carbonyl (C=O) groups is 1. The quantitative estimate of drug-likeness (QED) is 0.676. The molecular weight excluding hydrogens is 326 g/mol. The Kier molecular flexibility index (Phi) is 4.48. The Bertz CT molecular complexity index is 947. The van der Waals surface area contributed by atoms with Crippen LogP contribution in [0.3, 0.4) is 0 Å². The molecule has 0 radical (unpaired) electrons. The highest BCUT2D eigenvalue weighted by Crippen LogP contribution is 2.30. The number of hydrogen-bond donors (Lipinski definition) is 3. The number of rotatable bonds is 4. The molecule has 0 saturated heterocycles. The molecule has 3 N–H and O–H groups in total. The molecule has 7 nitrogen and oxygen atoms in total. The Hall–Kier alpha value is -2.87. The number of H-pyrrole nitrogens is 2. The number of anilines is 1. The van der Waals surface area contributed by atoms with Crippen LogP contribution in [0.5, 0.6) is 0 Å². The van der Waals surface area contributed by atoms with Gasteiger partial charge in [-0.05, 0) is 49.2 Å². The number of aromatic amines is 2. The van der Waals surface area contributed by atoms with E-state index in [-0.39, 0.29) is 5.95 Å². The van der Waals surface area contributed by atoms with E-state index in [1.165, 1.54) is 22.9 Å². The average Bonchev–Trinajstić information content (AvgIpc) is 2.96. The van der Waals surface area contributed by atoms with E-state index in [2.05, 4.69) is 31.5 Å². The molecule has 0 aliphatic heterocycles. The predicted molar refractivity (Wildman–Crippen MR) is 91.4 cm³/mol. The van der Waals surface area contributed by atoms with Gasteiger partial charge in [-0.2, -0.15) is 0 Å². The monoisotopic (exact) mass is 341 g/mol. The summed E-state index contributed by atoms with van der Waals surface area (Å²) in [5.41, 5.74) is 2.31. The van der Waals surface area contributed by atoms with Gasteiger partial charge in [-0.15, -0.1) is 5.10 Å². The van der Waals surface area contributed by atoms with Crippen molar-refractivity contribution in [3.8, 4) is 0 Å². The molecule has 0 unspecified atom stereocenters. The Labute approximate surface area is 141 Å². The van der Waals surface area contributed by atoms with Gasteiger partial charge in [0.1, 0.15) is 5.03 Å². The topological polar surface area (TPSA) is 104 Å². The molecule has 0 aliphatic rings. The lowest BCUT2D eigenvalue weighted by atomic mass is 10.1. The summed E-state index contributed by atoms with van der Waals surface area (Å²) >= 11 is 1.41. The summed E-state index contributed by atoms with van der Waals surface area (Å²) in [5, 5.41) is 8.97. The minimum absolute atomic E-state index is 0.0657. The minimum atomic E-state index is -0.485. The van der Waals surface area contributed by atoms with Crippen molar-refractivity contribution in [2.45, 2.75) is 23.8 Å². The largest absolute Gasteiger partial charge is 0.342 e. The fourth-order valence-corrected chi connectivity index (χ4v) is 3.02. The molecule has 2 heterocycles. The molecule has 8 heteroatoms. The van der Waals surface area contributed by atoms with E-state index in [9.17, 15) is 9.59 Å². The van der Waals surface area contributed by atoms with Crippen LogP contribution in [0, 0.1) is 13.8 Å². The zero-order valence-electron chi connectivity index (χ0n) is 13.1. The summed E-state index contributed by atoms with van der Waals surface area (Å²) in [6.45, 7) is 4.09. The van der Waals surface area contributed by atoms with Gasteiger partial charge in [0.15, 0.2) is 0 Å². The third-order valence-corrected chi connectivity index (χ3v) is 4.45. The number of nitrogens with one attached hydrogen (secondary N) is 3. The van der Waals surface area contributed by atoms with Gasteiger partial charge in [-0.25, -0.2) is 14.9 Å². The molecule has 0 fully saturated rings. The first-order valence-electron chi connectivity index (χ1n) is 7.19. The van der Waals surface area contributed by atoms with Crippen LogP contribution in [0.1, 0.15) is 21.5 Å². The van der Waals surface area contributed by atoms with Crippen LogP contribution in [0.25, 0.3) is 0 Å². The summed E-state index contributed by atoms with van der Waals surface area (Å²) in [6.07, 6.45) is 1.64. The predicted octanol–water partition coefficient (Wildman–Crippen LogP) is 2.51. The summed E-state index contributed by atoms with van der Waals surface area (Å²) in [6, 6.07) is 9.45. The van der Waals surface area contributed by atoms with Gasteiger partial charge < -0.3 is 0 Å². The lowest BCUT2D eigenvalue weighted by Gasteiger charge is -2.08. The van der Waals surface area contributed by atoms with Crippen LogP contribution >= 0.6 is 11.8 Å². The molecule has 3 aromatic rings. The van der Waals surface area contributed by atoms with Gasteiger partial charge in [0.25, 0.3) is 5.91 Å². The number of hydrogen-bond acceptors (Lipinski definition) is 5. The van der Waals surface area contributed by atoms with Crippen molar-refractivity contribution in [3.05, 3.63) is 63.7 Å². The Morgan fingerprint density at radius 3 is 2.75 bits per heavy atom. The van der Waals surface area contributed by atoms with Crippen molar-refractivity contribution >= 4 is 23.6 Å². The third-order valence-electron chi connectivity index (χ3n) is 3.44. The van der Waals surface area contributed by atoms with Crippen molar-refractivity contribution in [2.75, 3.05) is 5.32 Å². The van der Waals surface area contributed by atoms with Crippen molar-refractivity contribution in [1.82, 2.24) is 20.2 Å². The summed E-state index contributed by atoms with van der Waals surface area (Å²) in [5.74, 6) is -0.326. The van der Waals surface area contributed by atoms with Gasteiger partial charge in [-0.3, -0.25) is 15.1 Å². The molecule has 0 aliphatic carbocycles. The van der Waals surface area contributed by atoms with Crippen molar-refractivity contribution in [1.29, 1.82) is 0 Å². The van der Waals surface area contributed by atoms with Gasteiger partial charge >= 0.3 is 5.69 Å². The molecule has 24 heavy (non-hydrogen) atoms. The van der Waals surface area contributed by atoms with Gasteiger partial charge in [0.2, 0.25) is 5.95 Å². The van der Waals surface area contributed by atoms with E-state index in [4.69, 9.17) is 0 Å². The second kappa shape index (κ2) is 6.71. The Morgan fingerprint density at radius 1 is 1.21 bits per heavy atom. The fraction of sp³-hybridized carbons (Fsp3) is 0.125. The Morgan fingerprint density at radius 2 is 2.04 bits per heavy atom. The van der Waals surface area contributed by atoms with Crippen LogP contribution in [0.2, 0.25) is 0 Å². The molecule has 3 rings (SSSR count). The van der Waals surface area contributed by atoms with E-state index in [1.54, 1.807) is 18.3 Å². The van der Waals surface area contributed by atoms with E-state index < -0.39 is 11.6 Å². The van der Waals surface area contributed by atoms with Gasteiger partial charge in [-0.1, -0.05) is 17.8 Å². The molecule has 0 atom stereocenters. The number of aryl methyl sites for hydroxylation is 2. The number of pyridine rings is 1. The second-order valence-electron chi connectivity index (χ2n) is 5.18. The molecule has 0 bridgehead atoms. The maximum Gasteiger partial charge on any atom is 0.342 e. The molecule has 122 valence electrons. The summed E-state index contributed by atoms with van der Waals surface area (Å²) in [7, 11) is 0. The molecule has 2 aromatic heterocycles. The highest BCUT2D eigenvalue weighted by atomic mass is 32.2. The summed E-state index contributed by atoms with van der Waals surface area (Å²) in [4.78, 5) is 31.1. The average molecular weight is 341 g/mol. The minimum Gasteiger partial charge on any atom is -0.291 e. The number of benzene rings is 1. The zero-order valence-corrected chi connectivity index (χ0v) is 13.9. The molecule has 0 saturated carbocycles. The highest BCUT2D eigenvalue weighted by molar-refractivity contribution is 7.99. The first-order chi connectivity index (χ1) is 11.5. The number of carbonyl (C=O) groups excluding carboxylic acids is 1. The lowest BCUT2D eigenvalue weighted by molar-refractivity contribution is 0.102. The second-order valence-corrected chi connectivity index (χ2v) is 6.25. The van der Waals surface area contributed by atoms with E-state index >= 15 is 0 Å². The SMILES string of the molecule is Cc1ccc(Sc2ncccc2C(=O)Nc2n[nH]c(=O)[nH]2)cc1C. The third kappa shape index (κ3) is 3.54. The van der Waals surface area contributed by atoms with Crippen molar-refractivity contribution in [2.24, 2.45) is 0 Å². The van der Waals surface area contributed by atoms with Crippen molar-refractivity contribution < 1.29 is 4.79 Å². The molecule has 1 amide bonds. The van der Waals surface area contributed by atoms with Crippen LogP contribution < -0.4 is 11.0 Å². The summed E-state index contributed by atoms with van der Waals surface area (Å²) < 4.78 is 0. The van der Waals surface area contributed by atoms with E-state index in [1.807, 2.05) is 26.0 Å². The van der Waals surface area contributed by atoms with Crippen LogP contribution in [0.4, 0.5) is 5.95 Å². The van der Waals surface area contributed by atoms with E-state index in [0.29, 0.717) is 10.6 Å². The fourth-order valence-electron chi connectivity index (χ4n) is 2.04. The molecule has 1 aromatic carbocycles.